The van der Waals surface area contributed by atoms with E-state index in [1.54, 1.807) is 17.0 Å². The first-order chi connectivity index (χ1) is 13.1. The zero-order valence-corrected chi connectivity index (χ0v) is 15.3. The van der Waals surface area contributed by atoms with Crippen LogP contribution in [0.25, 0.3) is 0 Å². The van der Waals surface area contributed by atoms with Crippen molar-refractivity contribution in [3.8, 4) is 0 Å². The molecule has 27 heavy (non-hydrogen) atoms. The molecule has 1 aromatic carbocycles. The molecule has 4 rings (SSSR count). The highest BCUT2D eigenvalue weighted by Crippen LogP contribution is 2.39. The molecule has 0 bridgehead atoms. The number of benzene rings is 1. The summed E-state index contributed by atoms with van der Waals surface area (Å²) in [5, 5.41) is 0. The number of anilines is 1. The zero-order chi connectivity index (χ0) is 18.9. The number of rotatable bonds is 3. The molecule has 1 aromatic heterocycles. The van der Waals surface area contributed by atoms with Gasteiger partial charge in [-0.2, -0.15) is 0 Å². The molecule has 6 nitrogen and oxygen atoms in total. The molecule has 2 amide bonds. The summed E-state index contributed by atoms with van der Waals surface area (Å²) in [6, 6.07) is 13.3. The number of aromatic nitrogens is 1. The van der Waals surface area contributed by atoms with Gasteiger partial charge in [-0.3, -0.25) is 9.59 Å². The van der Waals surface area contributed by atoms with Gasteiger partial charge in [-0.05, 0) is 43.4 Å². The Balaban J connectivity index is 1.59. The van der Waals surface area contributed by atoms with E-state index in [0.717, 1.165) is 37.8 Å². The number of carbonyl (C=O) groups excluding carboxylic acids is 2. The van der Waals surface area contributed by atoms with Gasteiger partial charge in [0.15, 0.2) is 0 Å². The molecule has 2 N–H and O–H groups in total. The third-order valence-electron chi connectivity index (χ3n) is 5.69. The van der Waals surface area contributed by atoms with Crippen LogP contribution in [0.4, 0.5) is 5.82 Å². The predicted molar refractivity (Wildman–Crippen MR) is 103 cm³/mol. The molecular formula is C21H24N4O2. The topological polar surface area (TPSA) is 79.5 Å². The van der Waals surface area contributed by atoms with Crippen LogP contribution in [0.5, 0.6) is 0 Å². The fourth-order valence-corrected chi connectivity index (χ4v) is 4.36. The van der Waals surface area contributed by atoms with Gasteiger partial charge in [-0.1, -0.05) is 30.3 Å². The van der Waals surface area contributed by atoms with Gasteiger partial charge < -0.3 is 15.5 Å². The van der Waals surface area contributed by atoms with Gasteiger partial charge in [0.2, 0.25) is 5.91 Å². The average molecular weight is 364 g/mol. The predicted octanol–water partition coefficient (Wildman–Crippen LogP) is 2.46. The Bertz CT molecular complexity index is 837. The van der Waals surface area contributed by atoms with Gasteiger partial charge >= 0.3 is 0 Å². The molecule has 0 radical (unpaired) electrons. The summed E-state index contributed by atoms with van der Waals surface area (Å²) >= 11 is 0. The van der Waals surface area contributed by atoms with Crippen LogP contribution < -0.4 is 5.73 Å². The first-order valence-corrected chi connectivity index (χ1v) is 9.47. The highest BCUT2D eigenvalue weighted by Gasteiger charge is 2.52. The van der Waals surface area contributed by atoms with E-state index in [4.69, 9.17) is 5.73 Å². The van der Waals surface area contributed by atoms with Crippen molar-refractivity contribution in [1.29, 1.82) is 0 Å². The van der Waals surface area contributed by atoms with Crippen LogP contribution in [-0.2, 0) is 11.3 Å². The van der Waals surface area contributed by atoms with Crippen LogP contribution in [-0.4, -0.2) is 45.2 Å². The zero-order valence-electron chi connectivity index (χ0n) is 15.3. The van der Waals surface area contributed by atoms with Crippen LogP contribution in [0, 0.1) is 0 Å². The molecule has 2 aromatic rings. The van der Waals surface area contributed by atoms with Crippen molar-refractivity contribution in [2.24, 2.45) is 0 Å². The number of nitrogens with zero attached hydrogens (tertiary/aromatic N) is 3. The first-order valence-electron chi connectivity index (χ1n) is 9.47. The molecule has 2 aliphatic heterocycles. The Morgan fingerprint density at radius 2 is 1.81 bits per heavy atom. The number of hydrogen-bond acceptors (Lipinski definition) is 4. The van der Waals surface area contributed by atoms with Crippen molar-refractivity contribution in [2.45, 2.75) is 37.8 Å². The van der Waals surface area contributed by atoms with Gasteiger partial charge in [-0.15, -0.1) is 0 Å². The fourth-order valence-electron chi connectivity index (χ4n) is 4.36. The molecule has 0 aliphatic carbocycles. The van der Waals surface area contributed by atoms with Crippen LogP contribution in [0.15, 0.2) is 48.7 Å². The molecule has 1 spiro atoms. The molecule has 0 saturated carbocycles. The second-order valence-corrected chi connectivity index (χ2v) is 7.38. The number of nitrogens with two attached hydrogens (primary N) is 1. The van der Waals surface area contributed by atoms with Crippen molar-refractivity contribution >= 4 is 17.6 Å². The minimum atomic E-state index is -0.717. The third kappa shape index (κ3) is 3.16. The molecule has 2 aliphatic rings. The average Bonchev–Trinajstić information content (AvgIpc) is 3.11. The molecule has 6 heteroatoms. The van der Waals surface area contributed by atoms with E-state index in [1.807, 2.05) is 35.2 Å². The summed E-state index contributed by atoms with van der Waals surface area (Å²) in [5.74, 6) is 0.326. The lowest BCUT2D eigenvalue weighted by molar-refractivity contribution is -0.146. The lowest BCUT2D eigenvalue weighted by atomic mass is 9.84. The first kappa shape index (κ1) is 17.5. The van der Waals surface area contributed by atoms with Crippen molar-refractivity contribution in [3.05, 3.63) is 59.8 Å². The van der Waals surface area contributed by atoms with E-state index < -0.39 is 5.54 Å². The summed E-state index contributed by atoms with van der Waals surface area (Å²) < 4.78 is 0. The Hall–Kier alpha value is -2.89. The van der Waals surface area contributed by atoms with Crippen LogP contribution in [0.3, 0.4) is 0 Å². The number of amides is 2. The number of pyridine rings is 1. The normalized spacial score (nSPS) is 22.4. The monoisotopic (exact) mass is 364 g/mol. The SMILES string of the molecule is Nc1ccc(C(=O)N2CCCC23CCCN(Cc2ccccc2)C3=O)cn1. The van der Waals surface area contributed by atoms with Gasteiger partial charge in [-0.25, -0.2) is 4.98 Å². The van der Waals surface area contributed by atoms with Gasteiger partial charge in [0.1, 0.15) is 11.4 Å². The third-order valence-corrected chi connectivity index (χ3v) is 5.69. The molecule has 3 heterocycles. The number of likely N-dealkylation sites (tertiary alicyclic amines) is 2. The molecule has 2 fully saturated rings. The highest BCUT2D eigenvalue weighted by atomic mass is 16.2. The summed E-state index contributed by atoms with van der Waals surface area (Å²) in [7, 11) is 0. The number of hydrogen-bond donors (Lipinski definition) is 1. The second kappa shape index (κ2) is 7.02. The quantitative estimate of drug-likeness (QED) is 0.907. The summed E-state index contributed by atoms with van der Waals surface area (Å²) in [6.45, 7) is 1.93. The van der Waals surface area contributed by atoms with E-state index >= 15 is 0 Å². The summed E-state index contributed by atoms with van der Waals surface area (Å²) in [5.41, 5.74) is 6.51. The van der Waals surface area contributed by atoms with Gasteiger partial charge in [0, 0.05) is 25.8 Å². The minimum absolute atomic E-state index is 0.0758. The maximum Gasteiger partial charge on any atom is 0.256 e. The lowest BCUT2D eigenvalue weighted by Gasteiger charge is -2.44. The smallest absolute Gasteiger partial charge is 0.256 e. The van der Waals surface area contributed by atoms with Crippen molar-refractivity contribution in [1.82, 2.24) is 14.8 Å². The van der Waals surface area contributed by atoms with E-state index in [0.29, 0.717) is 24.5 Å². The van der Waals surface area contributed by atoms with Crippen LogP contribution in [0.1, 0.15) is 41.6 Å². The Morgan fingerprint density at radius 3 is 2.52 bits per heavy atom. The van der Waals surface area contributed by atoms with E-state index in [1.165, 1.54) is 6.20 Å². The van der Waals surface area contributed by atoms with E-state index in [2.05, 4.69) is 4.98 Å². The largest absolute Gasteiger partial charge is 0.384 e. The summed E-state index contributed by atoms with van der Waals surface area (Å²) in [6.07, 6.45) is 4.71. The molecule has 2 saturated heterocycles. The molecular weight excluding hydrogens is 340 g/mol. The van der Waals surface area contributed by atoms with Gasteiger partial charge in [0.25, 0.3) is 5.91 Å². The van der Waals surface area contributed by atoms with Gasteiger partial charge in [0.05, 0.1) is 5.56 Å². The maximum absolute atomic E-state index is 13.5. The Labute approximate surface area is 159 Å². The van der Waals surface area contributed by atoms with Crippen LogP contribution >= 0.6 is 0 Å². The number of piperidine rings is 1. The van der Waals surface area contributed by atoms with Crippen molar-refractivity contribution in [3.63, 3.8) is 0 Å². The summed E-state index contributed by atoms with van der Waals surface area (Å²) in [4.78, 5) is 34.3. The highest BCUT2D eigenvalue weighted by molar-refractivity contribution is 6.00. The standard InChI is InChI=1S/C21H24N4O2/c22-18-9-8-17(14-23-18)19(26)25-13-5-11-21(25)10-4-12-24(20(21)27)15-16-6-2-1-3-7-16/h1-3,6-9,14H,4-5,10-13,15H2,(H2,22,23). The Kier molecular flexibility index (Phi) is 4.56. The number of carbonyl (C=O) groups is 2. The number of nitrogen functional groups attached to an aromatic ring is 1. The minimum Gasteiger partial charge on any atom is -0.384 e. The second-order valence-electron chi connectivity index (χ2n) is 7.38. The Morgan fingerprint density at radius 1 is 1.07 bits per heavy atom. The van der Waals surface area contributed by atoms with Crippen LogP contribution in [0.2, 0.25) is 0 Å². The van der Waals surface area contributed by atoms with Crippen molar-refractivity contribution in [2.75, 3.05) is 18.8 Å². The molecule has 140 valence electrons. The molecule has 1 unspecified atom stereocenters. The maximum atomic E-state index is 13.5. The van der Waals surface area contributed by atoms with E-state index in [9.17, 15) is 9.59 Å². The van der Waals surface area contributed by atoms with E-state index in [-0.39, 0.29) is 11.8 Å². The van der Waals surface area contributed by atoms with Crippen molar-refractivity contribution < 1.29 is 9.59 Å². The lowest BCUT2D eigenvalue weighted by Crippen LogP contribution is -2.61. The molecule has 1 atom stereocenters. The fraction of sp³-hybridized carbons (Fsp3) is 0.381.